The molecule has 0 aromatic heterocycles. The van der Waals surface area contributed by atoms with Crippen LogP contribution in [0.3, 0.4) is 0 Å². The molecule has 0 aliphatic heterocycles. The second-order valence-electron chi connectivity index (χ2n) is 9.07. The first-order chi connectivity index (χ1) is 14.8. The molecule has 0 saturated heterocycles. The average molecular weight is 465 g/mol. The SMILES string of the molecule is CCCCP(CCCC)(CCCC)(Cc1ccccc1)OS(=O)(=O)c1ccc(C)cc1. The number of aryl methyl sites for hydroxylation is 1. The molecule has 0 amide bonds. The van der Waals surface area contributed by atoms with E-state index in [4.69, 9.17) is 3.97 Å². The molecule has 0 spiro atoms. The van der Waals surface area contributed by atoms with Gasteiger partial charge in [-0.1, -0.05) is 0 Å². The number of rotatable bonds is 14. The quantitative estimate of drug-likeness (QED) is 0.268. The number of benzene rings is 2. The Hall–Kier alpha value is -1.22. The van der Waals surface area contributed by atoms with Gasteiger partial charge in [-0.15, -0.1) is 0 Å². The number of unbranched alkanes of at least 4 members (excludes halogenated alkanes) is 3. The third kappa shape index (κ3) is 7.14. The molecule has 2 rings (SSSR count). The average Bonchev–Trinajstić information content (AvgIpc) is 2.76. The minimum absolute atomic E-state index is 0.282. The molecule has 31 heavy (non-hydrogen) atoms. The van der Waals surface area contributed by atoms with Crippen molar-refractivity contribution in [3.8, 4) is 0 Å². The molecule has 0 aliphatic carbocycles. The van der Waals surface area contributed by atoms with Crippen molar-refractivity contribution in [2.45, 2.75) is 77.3 Å². The van der Waals surface area contributed by atoms with Crippen LogP contribution in [0.1, 0.15) is 70.4 Å². The molecule has 0 heterocycles. The van der Waals surface area contributed by atoms with Crippen LogP contribution in [0.25, 0.3) is 0 Å². The Morgan fingerprint density at radius 2 is 1.23 bits per heavy atom. The first-order valence-electron chi connectivity index (χ1n) is 11.9. The second kappa shape index (κ2) is 11.6. The Bertz CT molecular complexity index is 867. The molecule has 0 bridgehead atoms. The van der Waals surface area contributed by atoms with Crippen LogP contribution in [-0.2, 0) is 20.3 Å². The summed E-state index contributed by atoms with van der Waals surface area (Å²) in [5.41, 5.74) is 2.24. The Morgan fingerprint density at radius 3 is 1.68 bits per heavy atom. The molecule has 174 valence electrons. The van der Waals surface area contributed by atoms with Crippen molar-refractivity contribution in [1.82, 2.24) is 0 Å². The third-order valence-corrected chi connectivity index (χ3v) is 15.1. The molecule has 0 fully saturated rings. The van der Waals surface area contributed by atoms with Gasteiger partial charge in [-0.2, -0.15) is 0 Å². The monoisotopic (exact) mass is 464 g/mol. The van der Waals surface area contributed by atoms with Gasteiger partial charge in [0.15, 0.2) is 0 Å². The summed E-state index contributed by atoms with van der Waals surface area (Å²) >= 11 is 0. The van der Waals surface area contributed by atoms with Gasteiger partial charge >= 0.3 is 191 Å². The van der Waals surface area contributed by atoms with E-state index in [1.54, 1.807) is 12.1 Å². The fourth-order valence-electron chi connectivity index (χ4n) is 4.46. The molecule has 0 aliphatic rings. The van der Waals surface area contributed by atoms with Gasteiger partial charge in [0.05, 0.1) is 0 Å². The zero-order valence-electron chi connectivity index (χ0n) is 19.8. The van der Waals surface area contributed by atoms with Gasteiger partial charge in [0.2, 0.25) is 0 Å². The molecule has 0 atom stereocenters. The molecule has 3 nitrogen and oxygen atoms in total. The topological polar surface area (TPSA) is 43.4 Å². The van der Waals surface area contributed by atoms with Crippen molar-refractivity contribution in [3.63, 3.8) is 0 Å². The zero-order valence-corrected chi connectivity index (χ0v) is 21.6. The number of hydrogen-bond acceptors (Lipinski definition) is 3. The van der Waals surface area contributed by atoms with Crippen LogP contribution in [0.2, 0.25) is 0 Å². The van der Waals surface area contributed by atoms with Crippen LogP contribution in [0.4, 0.5) is 0 Å². The molecule has 2 aromatic carbocycles. The predicted molar refractivity (Wildman–Crippen MR) is 136 cm³/mol. The van der Waals surface area contributed by atoms with E-state index < -0.39 is 16.9 Å². The molecule has 0 unspecified atom stereocenters. The maximum atomic E-state index is 13.7. The van der Waals surface area contributed by atoms with Gasteiger partial charge < -0.3 is 0 Å². The van der Waals surface area contributed by atoms with E-state index in [1.165, 1.54) is 5.56 Å². The fraction of sp³-hybridized carbons (Fsp3) is 0.538. The zero-order chi connectivity index (χ0) is 22.8. The Morgan fingerprint density at radius 1 is 0.742 bits per heavy atom. The standard InChI is InChI=1S/C26H41O3PS/c1-5-8-20-30(21-9-6-2,22-10-7-3,23-25-14-12-11-13-15-25)29-31(27,28)26-18-16-24(4)17-19-26/h11-19H,5-10,20-23H2,1-4H3. The van der Waals surface area contributed by atoms with E-state index >= 15 is 0 Å². The van der Waals surface area contributed by atoms with Crippen molar-refractivity contribution in [2.75, 3.05) is 18.5 Å². The summed E-state index contributed by atoms with van der Waals surface area (Å²) in [5.74, 6) is 0. The van der Waals surface area contributed by atoms with Crippen LogP contribution in [0.5, 0.6) is 0 Å². The normalized spacial score (nSPS) is 13.6. The predicted octanol–water partition coefficient (Wildman–Crippen LogP) is 7.77. The van der Waals surface area contributed by atoms with Crippen molar-refractivity contribution in [1.29, 1.82) is 0 Å². The molecular weight excluding hydrogens is 423 g/mol. The Labute approximate surface area is 190 Å². The van der Waals surface area contributed by atoms with E-state index in [2.05, 4.69) is 45.0 Å². The van der Waals surface area contributed by atoms with Crippen molar-refractivity contribution in [3.05, 3.63) is 65.7 Å². The van der Waals surface area contributed by atoms with Crippen LogP contribution in [0.15, 0.2) is 59.5 Å². The Kier molecular flexibility index (Phi) is 9.73. The van der Waals surface area contributed by atoms with Crippen molar-refractivity contribution in [2.24, 2.45) is 0 Å². The molecule has 2 aromatic rings. The van der Waals surface area contributed by atoms with Crippen LogP contribution in [-0.4, -0.2) is 26.9 Å². The summed E-state index contributed by atoms with van der Waals surface area (Å²) in [5, 5.41) is 0. The maximum absolute atomic E-state index is 13.7. The van der Waals surface area contributed by atoms with E-state index in [0.29, 0.717) is 0 Å². The summed E-state index contributed by atoms with van der Waals surface area (Å²) in [4.78, 5) is 0.282. The third-order valence-electron chi connectivity index (χ3n) is 6.28. The van der Waals surface area contributed by atoms with Gasteiger partial charge in [-0.05, 0) is 0 Å². The van der Waals surface area contributed by atoms with Crippen LogP contribution in [0, 0.1) is 6.92 Å². The molecule has 0 saturated carbocycles. The summed E-state index contributed by atoms with van der Waals surface area (Å²) in [7, 11) is -3.85. The van der Waals surface area contributed by atoms with E-state index in [1.807, 2.05) is 25.1 Å². The van der Waals surface area contributed by atoms with Gasteiger partial charge in [0.1, 0.15) is 0 Å². The van der Waals surface area contributed by atoms with Gasteiger partial charge in [0.25, 0.3) is 0 Å². The van der Waals surface area contributed by atoms with Gasteiger partial charge in [-0.3, -0.25) is 0 Å². The van der Waals surface area contributed by atoms with E-state index in [-0.39, 0.29) is 4.90 Å². The first-order valence-corrected chi connectivity index (χ1v) is 16.2. The Balaban J connectivity index is 2.63. The number of hydrogen-bond donors (Lipinski definition) is 0. The second-order valence-corrected chi connectivity index (χ2v) is 16.4. The molecule has 5 heteroatoms. The summed E-state index contributed by atoms with van der Waals surface area (Å²) in [6.45, 7) is 5.44. The van der Waals surface area contributed by atoms with E-state index in [0.717, 1.165) is 68.7 Å². The van der Waals surface area contributed by atoms with Crippen LogP contribution >= 0.6 is 6.83 Å². The molecule has 0 N–H and O–H groups in total. The minimum atomic E-state index is -3.85. The van der Waals surface area contributed by atoms with Crippen molar-refractivity contribution >= 4 is 16.9 Å². The summed E-state index contributed by atoms with van der Waals surface area (Å²) < 4.78 is 34.0. The summed E-state index contributed by atoms with van der Waals surface area (Å²) in [6.07, 6.45) is 9.50. The van der Waals surface area contributed by atoms with Gasteiger partial charge in [-0.25, -0.2) is 0 Å². The van der Waals surface area contributed by atoms with Crippen LogP contribution < -0.4 is 0 Å². The first kappa shape index (κ1) is 26.0. The fourth-order valence-corrected chi connectivity index (χ4v) is 14.2. The van der Waals surface area contributed by atoms with Gasteiger partial charge in [0, 0.05) is 0 Å². The molecular formula is C26H41O3PS. The van der Waals surface area contributed by atoms with Crippen molar-refractivity contribution < 1.29 is 12.4 Å². The van der Waals surface area contributed by atoms with E-state index in [9.17, 15) is 8.42 Å². The summed E-state index contributed by atoms with van der Waals surface area (Å²) in [6, 6.07) is 17.5. The molecule has 0 radical (unpaired) electrons.